The minimum Gasteiger partial charge on any atom is -0.370 e. The van der Waals surface area contributed by atoms with Crippen LogP contribution in [0, 0.1) is 6.92 Å². The van der Waals surface area contributed by atoms with Gasteiger partial charge in [-0.1, -0.05) is 6.92 Å². The smallest absolute Gasteiger partial charge is 0.317 e. The molecule has 0 saturated carbocycles. The number of piperazine rings is 1. The monoisotopic (exact) mass is 290 g/mol. The van der Waals surface area contributed by atoms with Crippen LogP contribution in [-0.2, 0) is 0 Å². The van der Waals surface area contributed by atoms with E-state index in [0.29, 0.717) is 0 Å². The third-order valence-corrected chi connectivity index (χ3v) is 3.94. The van der Waals surface area contributed by atoms with Crippen LogP contribution in [0.25, 0.3) is 0 Å². The summed E-state index contributed by atoms with van der Waals surface area (Å²) in [4.78, 5) is 24.8. The molecular weight excluding hydrogens is 268 g/mol. The van der Waals surface area contributed by atoms with Crippen molar-refractivity contribution in [1.29, 1.82) is 0 Å². The quantitative estimate of drug-likeness (QED) is 0.859. The number of amides is 2. The summed E-state index contributed by atoms with van der Waals surface area (Å²) in [5.41, 5.74) is 0. The van der Waals surface area contributed by atoms with Crippen LogP contribution in [0.15, 0.2) is 6.07 Å². The molecule has 7 nitrogen and oxygen atoms in total. The molecule has 1 atom stereocenters. The van der Waals surface area contributed by atoms with Crippen molar-refractivity contribution >= 4 is 17.7 Å². The highest BCUT2D eigenvalue weighted by molar-refractivity contribution is 5.77. The molecule has 0 aromatic carbocycles. The maximum Gasteiger partial charge on any atom is 0.317 e. The van der Waals surface area contributed by atoms with Crippen LogP contribution < -0.4 is 15.5 Å². The fourth-order valence-corrected chi connectivity index (χ4v) is 2.87. The lowest BCUT2D eigenvalue weighted by Crippen LogP contribution is -2.52. The first-order valence-corrected chi connectivity index (χ1v) is 7.56. The molecule has 2 saturated heterocycles. The molecule has 1 aromatic rings. The summed E-state index contributed by atoms with van der Waals surface area (Å²) in [6, 6.07) is 2.31. The van der Waals surface area contributed by atoms with Gasteiger partial charge in [-0.3, -0.25) is 0 Å². The van der Waals surface area contributed by atoms with E-state index in [1.807, 2.05) is 17.9 Å². The van der Waals surface area contributed by atoms with E-state index in [1.165, 1.54) is 0 Å². The molecule has 1 aromatic heterocycles. The van der Waals surface area contributed by atoms with Crippen LogP contribution in [-0.4, -0.2) is 59.7 Å². The van der Waals surface area contributed by atoms with Gasteiger partial charge in [-0.2, -0.15) is 0 Å². The van der Waals surface area contributed by atoms with Crippen molar-refractivity contribution in [3.8, 4) is 0 Å². The van der Waals surface area contributed by atoms with Gasteiger partial charge < -0.3 is 20.4 Å². The molecule has 1 unspecified atom stereocenters. The summed E-state index contributed by atoms with van der Waals surface area (Å²) >= 11 is 0. The van der Waals surface area contributed by atoms with Crippen LogP contribution in [0.1, 0.15) is 19.2 Å². The maximum atomic E-state index is 11.6. The van der Waals surface area contributed by atoms with E-state index in [0.717, 1.165) is 56.6 Å². The van der Waals surface area contributed by atoms with Crippen molar-refractivity contribution in [2.75, 3.05) is 42.9 Å². The molecule has 2 aliphatic rings. The van der Waals surface area contributed by atoms with Crippen molar-refractivity contribution in [2.24, 2.45) is 0 Å². The number of rotatable bonds is 4. The standard InChI is InChI=1S/C14H22N6O/c1-3-4-15-12-7-13(18-10(2)17-12)19-5-6-20-11(9-19)8-16-14(20)21/h7,11H,3-6,8-9H2,1-2H3,(H,16,21)(H,15,17,18). The number of hydrogen-bond acceptors (Lipinski definition) is 5. The largest absolute Gasteiger partial charge is 0.370 e. The molecule has 3 rings (SSSR count). The lowest BCUT2D eigenvalue weighted by molar-refractivity contribution is 0.197. The maximum absolute atomic E-state index is 11.6. The first kappa shape index (κ1) is 13.9. The minimum absolute atomic E-state index is 0.0591. The molecule has 2 amide bonds. The SMILES string of the molecule is CCCNc1cc(N2CCN3C(=O)NCC3C2)nc(C)n1. The average Bonchev–Trinajstić information content (AvgIpc) is 2.85. The molecule has 0 bridgehead atoms. The van der Waals surface area contributed by atoms with E-state index in [1.54, 1.807) is 0 Å². The van der Waals surface area contributed by atoms with Crippen LogP contribution in [0.2, 0.25) is 0 Å². The van der Waals surface area contributed by atoms with Crippen LogP contribution in [0.3, 0.4) is 0 Å². The zero-order valence-corrected chi connectivity index (χ0v) is 12.6. The van der Waals surface area contributed by atoms with Gasteiger partial charge in [-0.25, -0.2) is 14.8 Å². The third-order valence-electron chi connectivity index (χ3n) is 3.94. The number of fused-ring (bicyclic) bond motifs is 1. The molecule has 0 aliphatic carbocycles. The van der Waals surface area contributed by atoms with E-state index in [2.05, 4.69) is 32.4 Å². The third kappa shape index (κ3) is 2.86. The van der Waals surface area contributed by atoms with Gasteiger partial charge in [0.1, 0.15) is 17.5 Å². The van der Waals surface area contributed by atoms with Crippen LogP contribution >= 0.6 is 0 Å². The van der Waals surface area contributed by atoms with E-state index >= 15 is 0 Å². The second-order valence-electron chi connectivity index (χ2n) is 5.56. The summed E-state index contributed by atoms with van der Waals surface area (Å²) in [5.74, 6) is 2.59. The molecule has 0 radical (unpaired) electrons. The summed E-state index contributed by atoms with van der Waals surface area (Å²) in [6.07, 6.45) is 1.06. The average molecular weight is 290 g/mol. The Bertz CT molecular complexity index is 534. The van der Waals surface area contributed by atoms with E-state index in [9.17, 15) is 4.79 Å². The van der Waals surface area contributed by atoms with E-state index in [-0.39, 0.29) is 12.1 Å². The first-order chi connectivity index (χ1) is 10.2. The number of hydrogen-bond donors (Lipinski definition) is 2. The van der Waals surface area contributed by atoms with Gasteiger partial charge in [-0.15, -0.1) is 0 Å². The fourth-order valence-electron chi connectivity index (χ4n) is 2.87. The molecular formula is C14H22N6O. The van der Waals surface area contributed by atoms with E-state index < -0.39 is 0 Å². The van der Waals surface area contributed by atoms with Gasteiger partial charge in [0.25, 0.3) is 0 Å². The highest BCUT2D eigenvalue weighted by atomic mass is 16.2. The van der Waals surface area contributed by atoms with Crippen molar-refractivity contribution < 1.29 is 4.79 Å². The first-order valence-electron chi connectivity index (χ1n) is 7.56. The Kier molecular flexibility index (Phi) is 3.81. The number of anilines is 2. The number of carbonyl (C=O) groups excluding carboxylic acids is 1. The summed E-state index contributed by atoms with van der Waals surface area (Å²) < 4.78 is 0. The van der Waals surface area contributed by atoms with Crippen molar-refractivity contribution in [3.05, 3.63) is 11.9 Å². The highest BCUT2D eigenvalue weighted by Crippen LogP contribution is 2.21. The van der Waals surface area contributed by atoms with Gasteiger partial charge in [0.15, 0.2) is 0 Å². The Hall–Kier alpha value is -2.05. The number of carbonyl (C=O) groups is 1. The summed E-state index contributed by atoms with van der Waals surface area (Å²) in [7, 11) is 0. The molecule has 114 valence electrons. The topological polar surface area (TPSA) is 73.4 Å². The minimum atomic E-state index is 0.0591. The number of aromatic nitrogens is 2. The normalized spacial score (nSPS) is 21.2. The summed E-state index contributed by atoms with van der Waals surface area (Å²) in [6.45, 7) is 8.06. The second-order valence-corrected chi connectivity index (χ2v) is 5.56. The van der Waals surface area contributed by atoms with Gasteiger partial charge in [0, 0.05) is 38.8 Å². The molecule has 2 aliphatic heterocycles. The van der Waals surface area contributed by atoms with Gasteiger partial charge in [0.2, 0.25) is 0 Å². The number of aryl methyl sites for hydroxylation is 1. The lowest BCUT2D eigenvalue weighted by Gasteiger charge is -2.37. The summed E-state index contributed by atoms with van der Waals surface area (Å²) in [5, 5.41) is 6.21. The molecule has 7 heteroatoms. The molecule has 0 spiro atoms. The molecule has 3 heterocycles. The Balaban J connectivity index is 1.74. The predicted octanol–water partition coefficient (Wildman–Crippen LogP) is 0.821. The number of nitrogens with one attached hydrogen (secondary N) is 2. The Morgan fingerprint density at radius 1 is 1.43 bits per heavy atom. The molecule has 21 heavy (non-hydrogen) atoms. The number of urea groups is 1. The fraction of sp³-hybridized carbons (Fsp3) is 0.643. The van der Waals surface area contributed by atoms with Crippen LogP contribution in [0.4, 0.5) is 16.4 Å². The Morgan fingerprint density at radius 2 is 2.29 bits per heavy atom. The predicted molar refractivity (Wildman–Crippen MR) is 81.7 cm³/mol. The Morgan fingerprint density at radius 3 is 3.10 bits per heavy atom. The van der Waals surface area contributed by atoms with Crippen molar-refractivity contribution in [3.63, 3.8) is 0 Å². The molecule has 2 N–H and O–H groups in total. The zero-order valence-electron chi connectivity index (χ0n) is 12.6. The second kappa shape index (κ2) is 5.75. The van der Waals surface area contributed by atoms with E-state index in [4.69, 9.17) is 0 Å². The molecule has 2 fully saturated rings. The van der Waals surface area contributed by atoms with Gasteiger partial charge in [-0.05, 0) is 13.3 Å². The van der Waals surface area contributed by atoms with Gasteiger partial charge >= 0.3 is 6.03 Å². The number of nitrogens with zero attached hydrogens (tertiary/aromatic N) is 4. The van der Waals surface area contributed by atoms with Crippen LogP contribution in [0.5, 0.6) is 0 Å². The van der Waals surface area contributed by atoms with Crippen molar-refractivity contribution in [1.82, 2.24) is 20.2 Å². The Labute approximate surface area is 124 Å². The van der Waals surface area contributed by atoms with Gasteiger partial charge in [0.05, 0.1) is 6.04 Å². The zero-order chi connectivity index (χ0) is 14.8. The van der Waals surface area contributed by atoms with Crippen molar-refractivity contribution in [2.45, 2.75) is 26.3 Å². The lowest BCUT2D eigenvalue weighted by atomic mass is 10.2. The highest BCUT2D eigenvalue weighted by Gasteiger charge is 2.35.